The Balaban J connectivity index is 2.77. The van der Waals surface area contributed by atoms with Crippen molar-refractivity contribution in [3.63, 3.8) is 0 Å². The van der Waals surface area contributed by atoms with Crippen LogP contribution in [0.15, 0.2) is 0 Å². The molecule has 0 atom stereocenters. The number of anilines is 2. The average Bonchev–Trinajstić information content (AvgIpc) is 2.59. The second-order valence-corrected chi connectivity index (χ2v) is 2.92. The van der Waals surface area contributed by atoms with Crippen LogP contribution in [-0.2, 0) is 0 Å². The largest absolute Gasteiger partial charge is 0.308 e. The lowest BCUT2D eigenvalue weighted by Gasteiger charge is -2.03. The number of nitrogens with one attached hydrogen (secondary N) is 2. The molecule has 2 nitrogen and oxygen atoms in total. The molecule has 0 saturated heterocycles. The zero-order valence-corrected chi connectivity index (χ0v) is 6.74. The van der Waals surface area contributed by atoms with Crippen LogP contribution in [0.25, 0.3) is 0 Å². The summed E-state index contributed by atoms with van der Waals surface area (Å²) in [5, 5.41) is 0. The highest BCUT2D eigenvalue weighted by Gasteiger charge is 2.28. The molecule has 0 spiro atoms. The highest BCUT2D eigenvalue weighted by atomic mass is 32.2. The fraction of sp³-hybridized carbons (Fsp3) is 0. The Labute approximate surface area is 74.6 Å². The predicted molar refractivity (Wildman–Crippen MR) is 41.1 cm³/mol. The Hall–Kier alpha value is -1.11. The lowest BCUT2D eigenvalue weighted by molar-refractivity contribution is 0.414. The van der Waals surface area contributed by atoms with Crippen molar-refractivity contribution in [3.05, 3.63) is 23.3 Å². The van der Waals surface area contributed by atoms with Gasteiger partial charge >= 0.3 is 0 Å². The molecule has 1 aromatic carbocycles. The summed E-state index contributed by atoms with van der Waals surface area (Å²) >= 11 is 0.735. The molecule has 1 aromatic rings. The van der Waals surface area contributed by atoms with Gasteiger partial charge in [0.05, 0.1) is 12.1 Å². The number of benzene rings is 1. The van der Waals surface area contributed by atoms with E-state index in [9.17, 15) is 17.6 Å². The minimum atomic E-state index is -1.81. The summed E-state index contributed by atoms with van der Waals surface area (Å²) in [6.07, 6.45) is 0. The van der Waals surface area contributed by atoms with Gasteiger partial charge in [-0.15, -0.1) is 0 Å². The fourth-order valence-electron chi connectivity index (χ4n) is 0.951. The highest BCUT2D eigenvalue weighted by Crippen LogP contribution is 2.39. The van der Waals surface area contributed by atoms with Crippen LogP contribution in [0, 0.1) is 23.3 Å². The van der Waals surface area contributed by atoms with Crippen LogP contribution in [0.5, 0.6) is 0 Å². The molecule has 0 aromatic heterocycles. The monoisotopic (exact) mass is 210 g/mol. The first kappa shape index (κ1) is 8.49. The van der Waals surface area contributed by atoms with Gasteiger partial charge in [-0.05, 0) is 0 Å². The summed E-state index contributed by atoms with van der Waals surface area (Å²) in [6, 6.07) is 0. The second-order valence-electron chi connectivity index (χ2n) is 2.31. The van der Waals surface area contributed by atoms with Crippen LogP contribution in [0.3, 0.4) is 0 Å². The third kappa shape index (κ3) is 1.03. The van der Waals surface area contributed by atoms with Gasteiger partial charge in [0.25, 0.3) is 0 Å². The Bertz CT molecular complexity index is 347. The van der Waals surface area contributed by atoms with Gasteiger partial charge in [0.2, 0.25) is 0 Å². The van der Waals surface area contributed by atoms with Crippen molar-refractivity contribution in [2.45, 2.75) is 0 Å². The quantitative estimate of drug-likeness (QED) is 0.298. The van der Waals surface area contributed by atoms with Gasteiger partial charge < -0.3 is 9.44 Å². The number of halogens is 4. The molecule has 0 amide bonds. The Morgan fingerprint density at radius 1 is 0.692 bits per heavy atom. The molecule has 0 saturated carbocycles. The minimum Gasteiger partial charge on any atom is -0.308 e. The van der Waals surface area contributed by atoms with Gasteiger partial charge in [0.1, 0.15) is 11.4 Å². The molecule has 0 bridgehead atoms. The van der Waals surface area contributed by atoms with Crippen LogP contribution in [0.2, 0.25) is 0 Å². The average molecular weight is 210 g/mol. The zero-order chi connectivity index (χ0) is 9.59. The molecular weight excluding hydrogens is 208 g/mol. The summed E-state index contributed by atoms with van der Waals surface area (Å²) < 4.78 is 55.4. The predicted octanol–water partition coefficient (Wildman–Crippen LogP) is 2.64. The zero-order valence-electron chi connectivity index (χ0n) is 5.92. The lowest BCUT2D eigenvalue weighted by atomic mass is 10.2. The normalized spacial score (nSPS) is 13.5. The van der Waals surface area contributed by atoms with Gasteiger partial charge in [-0.1, -0.05) is 0 Å². The SMILES string of the molecule is Fc1c(F)c(F)c2c(c1F)NSN2. The van der Waals surface area contributed by atoms with Crippen LogP contribution >= 0.6 is 12.1 Å². The van der Waals surface area contributed by atoms with Gasteiger partial charge in [-0.3, -0.25) is 0 Å². The molecule has 0 aliphatic carbocycles. The van der Waals surface area contributed by atoms with Gasteiger partial charge in [0, 0.05) is 0 Å². The summed E-state index contributed by atoms with van der Waals surface area (Å²) in [5.41, 5.74) is -0.803. The van der Waals surface area contributed by atoms with Gasteiger partial charge in [0.15, 0.2) is 23.3 Å². The molecule has 1 aliphatic heterocycles. The topological polar surface area (TPSA) is 24.1 Å². The first-order valence-corrected chi connectivity index (χ1v) is 3.98. The number of hydrogen-bond donors (Lipinski definition) is 2. The second kappa shape index (κ2) is 2.69. The van der Waals surface area contributed by atoms with Gasteiger partial charge in [-0.2, -0.15) is 0 Å². The van der Waals surface area contributed by atoms with E-state index in [4.69, 9.17) is 0 Å². The number of hydrogen-bond acceptors (Lipinski definition) is 3. The van der Waals surface area contributed by atoms with E-state index in [1.165, 1.54) is 0 Å². The van der Waals surface area contributed by atoms with Crippen LogP contribution < -0.4 is 9.44 Å². The maximum Gasteiger partial charge on any atom is 0.199 e. The summed E-state index contributed by atoms with van der Waals surface area (Å²) in [4.78, 5) is 0. The van der Waals surface area contributed by atoms with E-state index in [1.54, 1.807) is 0 Å². The smallest absolute Gasteiger partial charge is 0.199 e. The summed E-state index contributed by atoms with van der Waals surface area (Å²) in [5.74, 6) is -6.47. The van der Waals surface area contributed by atoms with E-state index in [2.05, 4.69) is 9.44 Å². The molecule has 1 aliphatic rings. The fourth-order valence-corrected chi connectivity index (χ4v) is 1.59. The molecule has 13 heavy (non-hydrogen) atoms. The maximum atomic E-state index is 12.8. The Morgan fingerprint density at radius 2 is 1.08 bits per heavy atom. The van der Waals surface area contributed by atoms with Crippen molar-refractivity contribution >= 4 is 23.5 Å². The lowest BCUT2D eigenvalue weighted by Crippen LogP contribution is -1.99. The molecule has 7 heteroatoms. The Morgan fingerprint density at radius 3 is 1.46 bits per heavy atom. The molecule has 2 N–H and O–H groups in total. The van der Waals surface area contributed by atoms with Crippen molar-refractivity contribution in [3.8, 4) is 0 Å². The minimum absolute atomic E-state index is 0.401. The summed E-state index contributed by atoms with van der Waals surface area (Å²) in [7, 11) is 0. The number of fused-ring (bicyclic) bond motifs is 1. The van der Waals surface area contributed by atoms with Crippen molar-refractivity contribution in [2.24, 2.45) is 0 Å². The standard InChI is InChI=1S/C6H2F4N2S/c7-1-2(8)4(10)6-5(3(1)9)11-13-12-6/h11-12H. The third-order valence-corrected chi connectivity index (χ3v) is 2.19. The van der Waals surface area contributed by atoms with Crippen molar-refractivity contribution in [2.75, 3.05) is 9.44 Å². The van der Waals surface area contributed by atoms with Crippen LogP contribution in [-0.4, -0.2) is 0 Å². The first-order valence-electron chi connectivity index (χ1n) is 3.16. The molecule has 0 fully saturated rings. The molecule has 2 rings (SSSR count). The van der Waals surface area contributed by atoms with Crippen molar-refractivity contribution in [1.29, 1.82) is 0 Å². The molecule has 0 unspecified atom stereocenters. The van der Waals surface area contributed by atoms with Crippen molar-refractivity contribution < 1.29 is 17.6 Å². The van der Waals surface area contributed by atoms with E-state index < -0.39 is 34.6 Å². The van der Waals surface area contributed by atoms with Crippen LogP contribution in [0.4, 0.5) is 28.9 Å². The molecule has 1 heterocycles. The number of rotatable bonds is 0. The molecule has 70 valence electrons. The van der Waals surface area contributed by atoms with E-state index in [0.717, 1.165) is 12.1 Å². The first-order chi connectivity index (χ1) is 6.13. The summed E-state index contributed by atoms with van der Waals surface area (Å²) in [6.45, 7) is 0. The highest BCUT2D eigenvalue weighted by molar-refractivity contribution is 8.02. The van der Waals surface area contributed by atoms with Crippen molar-refractivity contribution in [1.82, 2.24) is 0 Å². The molecule has 0 radical (unpaired) electrons. The van der Waals surface area contributed by atoms with E-state index >= 15 is 0 Å². The molecular formula is C6H2F4N2S. The van der Waals surface area contributed by atoms with Gasteiger partial charge in [-0.25, -0.2) is 17.6 Å². The van der Waals surface area contributed by atoms with Crippen LogP contribution in [0.1, 0.15) is 0 Å². The third-order valence-electron chi connectivity index (χ3n) is 1.57. The van der Waals surface area contributed by atoms with E-state index in [-0.39, 0.29) is 0 Å². The van der Waals surface area contributed by atoms with E-state index in [0.29, 0.717) is 0 Å². The van der Waals surface area contributed by atoms with E-state index in [1.807, 2.05) is 0 Å². The maximum absolute atomic E-state index is 12.8. The Kier molecular flexibility index (Phi) is 1.76.